The van der Waals surface area contributed by atoms with Crippen molar-refractivity contribution < 1.29 is 9.47 Å². The molecule has 0 bridgehead atoms. The topological polar surface area (TPSA) is 18.5 Å². The van der Waals surface area contributed by atoms with Crippen LogP contribution < -0.4 is 0 Å². The minimum atomic E-state index is -0.0468. The number of hydrogen-bond donors (Lipinski definition) is 0. The van der Waals surface area contributed by atoms with Crippen LogP contribution in [0.15, 0.2) is 24.3 Å². The minimum Gasteiger partial charge on any atom is -0.353 e. The van der Waals surface area contributed by atoms with Gasteiger partial charge in [0.15, 0.2) is 6.29 Å². The highest BCUT2D eigenvalue weighted by Crippen LogP contribution is 2.13. The molecule has 1 fully saturated rings. The molecular formula is C16H20O2. The number of aryl methyl sites for hydroxylation is 1. The van der Waals surface area contributed by atoms with Crippen LogP contribution in [0.4, 0.5) is 0 Å². The number of hydrogen-bond acceptors (Lipinski definition) is 2. The van der Waals surface area contributed by atoms with Gasteiger partial charge in [0.2, 0.25) is 0 Å². The van der Waals surface area contributed by atoms with E-state index in [2.05, 4.69) is 37.0 Å². The van der Waals surface area contributed by atoms with Crippen LogP contribution in [0.5, 0.6) is 0 Å². The summed E-state index contributed by atoms with van der Waals surface area (Å²) in [5.74, 6) is 6.24. The van der Waals surface area contributed by atoms with Crippen LogP contribution >= 0.6 is 0 Å². The molecule has 1 aromatic rings. The highest BCUT2D eigenvalue weighted by molar-refractivity contribution is 5.41. The molecule has 1 saturated heterocycles. The predicted molar refractivity (Wildman–Crippen MR) is 72.2 cm³/mol. The Bertz CT molecular complexity index is 422. The van der Waals surface area contributed by atoms with Crippen molar-refractivity contribution in [3.63, 3.8) is 0 Å². The Balaban J connectivity index is 1.84. The second kappa shape index (κ2) is 7.20. The quantitative estimate of drug-likeness (QED) is 0.760. The maximum absolute atomic E-state index is 5.58. The Kier molecular flexibility index (Phi) is 5.26. The van der Waals surface area contributed by atoms with E-state index in [1.54, 1.807) is 0 Å². The standard InChI is InChI=1S/C16H20O2/c1-2-14-8-3-4-9-15(14)10-7-13-18-16-11-5-6-12-17-16/h3-4,8-9,16H,2,5-6,11-13H2,1H3. The van der Waals surface area contributed by atoms with Gasteiger partial charge in [0.1, 0.15) is 6.61 Å². The molecule has 2 rings (SSSR count). The molecule has 0 saturated carbocycles. The molecule has 1 aliphatic rings. The fraction of sp³-hybridized carbons (Fsp3) is 0.500. The van der Waals surface area contributed by atoms with Crippen LogP contribution in [0.3, 0.4) is 0 Å². The highest BCUT2D eigenvalue weighted by Gasteiger charge is 2.12. The maximum Gasteiger partial charge on any atom is 0.158 e. The van der Waals surface area contributed by atoms with E-state index in [-0.39, 0.29) is 6.29 Å². The Hall–Kier alpha value is -1.30. The lowest BCUT2D eigenvalue weighted by atomic mass is 10.1. The summed E-state index contributed by atoms with van der Waals surface area (Å²) in [6, 6.07) is 8.25. The van der Waals surface area contributed by atoms with Gasteiger partial charge in [0.05, 0.1) is 0 Å². The second-order valence-corrected chi connectivity index (χ2v) is 4.42. The summed E-state index contributed by atoms with van der Waals surface area (Å²) >= 11 is 0. The molecule has 0 N–H and O–H groups in total. The molecule has 0 radical (unpaired) electrons. The summed E-state index contributed by atoms with van der Waals surface area (Å²) in [6.45, 7) is 3.41. The van der Waals surface area contributed by atoms with E-state index in [4.69, 9.17) is 9.47 Å². The Morgan fingerprint density at radius 1 is 1.33 bits per heavy atom. The summed E-state index contributed by atoms with van der Waals surface area (Å²) in [5, 5.41) is 0. The summed E-state index contributed by atoms with van der Waals surface area (Å²) in [6.07, 6.45) is 4.30. The summed E-state index contributed by atoms with van der Waals surface area (Å²) in [5.41, 5.74) is 2.40. The molecule has 2 nitrogen and oxygen atoms in total. The fourth-order valence-electron chi connectivity index (χ4n) is 2.06. The van der Waals surface area contributed by atoms with Gasteiger partial charge in [0.25, 0.3) is 0 Å². The molecule has 1 heterocycles. The van der Waals surface area contributed by atoms with Crippen LogP contribution in [0, 0.1) is 11.8 Å². The summed E-state index contributed by atoms with van der Waals surface area (Å²) in [4.78, 5) is 0. The van der Waals surface area contributed by atoms with Crippen molar-refractivity contribution in [1.29, 1.82) is 0 Å². The molecular weight excluding hydrogens is 224 g/mol. The molecule has 0 aliphatic carbocycles. The first-order valence-electron chi connectivity index (χ1n) is 6.70. The Morgan fingerprint density at radius 2 is 2.22 bits per heavy atom. The molecule has 1 aliphatic heterocycles. The van der Waals surface area contributed by atoms with Crippen molar-refractivity contribution in [2.24, 2.45) is 0 Å². The van der Waals surface area contributed by atoms with Crippen molar-refractivity contribution >= 4 is 0 Å². The SMILES string of the molecule is CCc1ccccc1C#CCOC1CCCCO1. The summed E-state index contributed by atoms with van der Waals surface area (Å²) in [7, 11) is 0. The molecule has 1 aromatic carbocycles. The van der Waals surface area contributed by atoms with Crippen molar-refractivity contribution in [3.05, 3.63) is 35.4 Å². The average molecular weight is 244 g/mol. The number of rotatable bonds is 3. The van der Waals surface area contributed by atoms with Gasteiger partial charge < -0.3 is 9.47 Å². The minimum absolute atomic E-state index is 0.0468. The predicted octanol–water partition coefficient (Wildman–Crippen LogP) is 3.14. The van der Waals surface area contributed by atoms with E-state index in [1.807, 2.05) is 6.07 Å². The van der Waals surface area contributed by atoms with Crippen molar-refractivity contribution in [2.45, 2.75) is 38.9 Å². The van der Waals surface area contributed by atoms with E-state index < -0.39 is 0 Å². The van der Waals surface area contributed by atoms with Crippen LogP contribution in [-0.2, 0) is 15.9 Å². The number of ether oxygens (including phenoxy) is 2. The first-order valence-corrected chi connectivity index (χ1v) is 6.70. The van der Waals surface area contributed by atoms with Gasteiger partial charge in [-0.05, 0) is 37.3 Å². The van der Waals surface area contributed by atoms with Crippen molar-refractivity contribution in [2.75, 3.05) is 13.2 Å². The van der Waals surface area contributed by atoms with Crippen LogP contribution in [0.25, 0.3) is 0 Å². The van der Waals surface area contributed by atoms with E-state index in [0.717, 1.165) is 31.4 Å². The van der Waals surface area contributed by atoms with Crippen molar-refractivity contribution in [1.82, 2.24) is 0 Å². The van der Waals surface area contributed by atoms with Crippen LogP contribution in [-0.4, -0.2) is 19.5 Å². The van der Waals surface area contributed by atoms with Crippen LogP contribution in [0.1, 0.15) is 37.3 Å². The zero-order valence-corrected chi connectivity index (χ0v) is 10.9. The van der Waals surface area contributed by atoms with E-state index in [9.17, 15) is 0 Å². The molecule has 1 atom stereocenters. The first kappa shape index (κ1) is 13.1. The monoisotopic (exact) mass is 244 g/mol. The summed E-state index contributed by atoms with van der Waals surface area (Å²) < 4.78 is 11.1. The zero-order chi connectivity index (χ0) is 12.6. The zero-order valence-electron chi connectivity index (χ0n) is 10.9. The molecule has 18 heavy (non-hydrogen) atoms. The van der Waals surface area contributed by atoms with E-state index in [0.29, 0.717) is 6.61 Å². The first-order chi connectivity index (χ1) is 8.90. The molecule has 0 amide bonds. The van der Waals surface area contributed by atoms with Gasteiger partial charge in [-0.3, -0.25) is 0 Å². The maximum atomic E-state index is 5.58. The van der Waals surface area contributed by atoms with Gasteiger partial charge in [-0.1, -0.05) is 37.0 Å². The van der Waals surface area contributed by atoms with Gasteiger partial charge >= 0.3 is 0 Å². The van der Waals surface area contributed by atoms with Crippen LogP contribution in [0.2, 0.25) is 0 Å². The molecule has 2 heteroatoms. The van der Waals surface area contributed by atoms with Gasteiger partial charge in [-0.15, -0.1) is 0 Å². The third kappa shape index (κ3) is 3.87. The molecule has 96 valence electrons. The third-order valence-electron chi connectivity index (χ3n) is 3.10. The smallest absolute Gasteiger partial charge is 0.158 e. The number of benzene rings is 1. The Morgan fingerprint density at radius 3 is 3.00 bits per heavy atom. The largest absolute Gasteiger partial charge is 0.353 e. The highest BCUT2D eigenvalue weighted by atomic mass is 16.7. The molecule has 1 unspecified atom stereocenters. The lowest BCUT2D eigenvalue weighted by Gasteiger charge is -2.21. The lowest BCUT2D eigenvalue weighted by Crippen LogP contribution is -2.22. The molecule has 0 aromatic heterocycles. The fourth-order valence-corrected chi connectivity index (χ4v) is 2.06. The van der Waals surface area contributed by atoms with E-state index in [1.165, 1.54) is 12.0 Å². The Labute approximate surface area is 109 Å². The van der Waals surface area contributed by atoms with Gasteiger partial charge in [-0.25, -0.2) is 0 Å². The third-order valence-corrected chi connectivity index (χ3v) is 3.10. The lowest BCUT2D eigenvalue weighted by molar-refractivity contribution is -0.154. The van der Waals surface area contributed by atoms with Gasteiger partial charge in [-0.2, -0.15) is 0 Å². The average Bonchev–Trinajstić information content (AvgIpc) is 2.45. The second-order valence-electron chi connectivity index (χ2n) is 4.42. The van der Waals surface area contributed by atoms with E-state index >= 15 is 0 Å². The van der Waals surface area contributed by atoms with Gasteiger partial charge in [0, 0.05) is 12.2 Å². The molecule has 0 spiro atoms. The normalized spacial score (nSPS) is 19.1. The van der Waals surface area contributed by atoms with Crippen molar-refractivity contribution in [3.8, 4) is 11.8 Å².